The van der Waals surface area contributed by atoms with Gasteiger partial charge in [-0.05, 0) is 11.1 Å². The van der Waals surface area contributed by atoms with Gasteiger partial charge in [-0.2, -0.15) is 0 Å². The van der Waals surface area contributed by atoms with Gasteiger partial charge >= 0.3 is 0 Å². The van der Waals surface area contributed by atoms with Gasteiger partial charge in [0.25, 0.3) is 0 Å². The second kappa shape index (κ2) is 8.41. The number of ether oxygens (including phenoxy) is 1. The minimum Gasteiger partial charge on any atom is -0.372 e. The van der Waals surface area contributed by atoms with Crippen molar-refractivity contribution in [2.45, 2.75) is 6.61 Å². The third-order valence-corrected chi connectivity index (χ3v) is 1.82. The van der Waals surface area contributed by atoms with E-state index in [4.69, 9.17) is 10.5 Å². The molecule has 0 fully saturated rings. The van der Waals surface area contributed by atoms with Crippen LogP contribution in [-0.2, 0) is 11.3 Å². The molecule has 0 aliphatic heterocycles. The first-order chi connectivity index (χ1) is 6.86. The molecule has 0 saturated carbocycles. The van der Waals surface area contributed by atoms with Gasteiger partial charge in [0.2, 0.25) is 0 Å². The minimum atomic E-state index is 0. The van der Waals surface area contributed by atoms with E-state index in [1.165, 1.54) is 0 Å². The summed E-state index contributed by atoms with van der Waals surface area (Å²) < 4.78 is 17.3. The van der Waals surface area contributed by atoms with Crippen LogP contribution in [-0.4, -0.2) is 13.2 Å². The molecule has 0 spiro atoms. The fourth-order valence-electron chi connectivity index (χ4n) is 1.01. The van der Waals surface area contributed by atoms with Crippen molar-refractivity contribution in [2.24, 2.45) is 5.73 Å². The molecule has 1 rings (SSSR count). The van der Waals surface area contributed by atoms with E-state index in [9.17, 15) is 4.39 Å². The molecule has 15 heavy (non-hydrogen) atoms. The van der Waals surface area contributed by atoms with Crippen LogP contribution in [0.25, 0.3) is 0 Å². The molecule has 0 bridgehead atoms. The van der Waals surface area contributed by atoms with Crippen molar-refractivity contribution in [1.29, 1.82) is 0 Å². The summed E-state index contributed by atoms with van der Waals surface area (Å²) in [6.45, 7) is 0.936. The lowest BCUT2D eigenvalue weighted by Crippen LogP contribution is -2.08. The zero-order valence-corrected chi connectivity index (χ0v) is 9.17. The predicted molar refractivity (Wildman–Crippen MR) is 61.6 cm³/mol. The van der Waals surface area contributed by atoms with E-state index >= 15 is 0 Å². The van der Waals surface area contributed by atoms with Gasteiger partial charge in [-0.25, -0.2) is 4.39 Å². The van der Waals surface area contributed by atoms with Crippen LogP contribution in [0.2, 0.25) is 0 Å². The quantitative estimate of drug-likeness (QED) is 0.845. The first-order valence-electron chi connectivity index (χ1n) is 4.46. The maximum absolute atomic E-state index is 12.1. The molecule has 0 saturated heterocycles. The highest BCUT2D eigenvalue weighted by Gasteiger charge is 1.95. The SMILES string of the molecule is Cl.NC/C(=C/F)COCc1ccccc1. The molecular formula is C11H15ClFNO. The predicted octanol–water partition coefficient (Wildman–Crippen LogP) is 2.44. The molecule has 0 heterocycles. The van der Waals surface area contributed by atoms with Gasteiger partial charge in [-0.15, -0.1) is 12.4 Å². The molecule has 0 radical (unpaired) electrons. The van der Waals surface area contributed by atoms with Crippen molar-refractivity contribution >= 4 is 12.4 Å². The summed E-state index contributed by atoms with van der Waals surface area (Å²) in [6, 6.07) is 9.74. The summed E-state index contributed by atoms with van der Waals surface area (Å²) in [4.78, 5) is 0. The number of halogens is 2. The molecule has 84 valence electrons. The topological polar surface area (TPSA) is 35.2 Å². The van der Waals surface area contributed by atoms with Crippen molar-refractivity contribution in [3.05, 3.63) is 47.8 Å². The molecule has 0 aliphatic rings. The Bertz CT molecular complexity index is 290. The summed E-state index contributed by atoms with van der Waals surface area (Å²) in [7, 11) is 0. The largest absolute Gasteiger partial charge is 0.372 e. The average molecular weight is 232 g/mol. The number of benzene rings is 1. The van der Waals surface area contributed by atoms with Gasteiger partial charge in [0.15, 0.2) is 0 Å². The van der Waals surface area contributed by atoms with Crippen molar-refractivity contribution in [1.82, 2.24) is 0 Å². The normalized spacial score (nSPS) is 10.9. The Morgan fingerprint density at radius 3 is 2.53 bits per heavy atom. The van der Waals surface area contributed by atoms with Crippen LogP contribution in [0.3, 0.4) is 0 Å². The van der Waals surface area contributed by atoms with E-state index in [-0.39, 0.29) is 25.6 Å². The first kappa shape index (κ1) is 14.1. The van der Waals surface area contributed by atoms with Gasteiger partial charge in [0, 0.05) is 6.54 Å². The zero-order chi connectivity index (χ0) is 10.2. The Balaban J connectivity index is 0.00000196. The average Bonchev–Trinajstić information content (AvgIpc) is 2.26. The van der Waals surface area contributed by atoms with Gasteiger partial charge in [0.05, 0.1) is 19.5 Å². The van der Waals surface area contributed by atoms with Crippen LogP contribution in [0.5, 0.6) is 0 Å². The first-order valence-corrected chi connectivity index (χ1v) is 4.46. The molecule has 0 atom stereocenters. The van der Waals surface area contributed by atoms with E-state index in [2.05, 4.69) is 0 Å². The van der Waals surface area contributed by atoms with Gasteiger partial charge in [-0.3, -0.25) is 0 Å². The van der Waals surface area contributed by atoms with Gasteiger partial charge in [-0.1, -0.05) is 30.3 Å². The van der Waals surface area contributed by atoms with E-state index in [1.807, 2.05) is 30.3 Å². The maximum Gasteiger partial charge on any atom is 0.0894 e. The fraction of sp³-hybridized carbons (Fsp3) is 0.273. The van der Waals surface area contributed by atoms with Crippen LogP contribution >= 0.6 is 12.4 Å². The van der Waals surface area contributed by atoms with Crippen molar-refractivity contribution in [3.8, 4) is 0 Å². The monoisotopic (exact) mass is 231 g/mol. The number of hydrogen-bond donors (Lipinski definition) is 1. The molecule has 2 N–H and O–H groups in total. The van der Waals surface area contributed by atoms with E-state index in [0.29, 0.717) is 18.5 Å². The van der Waals surface area contributed by atoms with E-state index in [1.54, 1.807) is 0 Å². The molecular weight excluding hydrogens is 217 g/mol. The highest BCUT2D eigenvalue weighted by molar-refractivity contribution is 5.85. The Hall–Kier alpha value is -0.900. The molecule has 1 aromatic rings. The van der Waals surface area contributed by atoms with E-state index in [0.717, 1.165) is 5.56 Å². The molecule has 0 aliphatic carbocycles. The second-order valence-corrected chi connectivity index (χ2v) is 2.95. The highest BCUT2D eigenvalue weighted by Crippen LogP contribution is 2.02. The van der Waals surface area contributed by atoms with Crippen LogP contribution in [0.15, 0.2) is 42.2 Å². The Kier molecular flexibility index (Phi) is 7.91. The summed E-state index contributed by atoms with van der Waals surface area (Å²) in [5.74, 6) is 0. The highest BCUT2D eigenvalue weighted by atomic mass is 35.5. The summed E-state index contributed by atoms with van der Waals surface area (Å²) in [5, 5.41) is 0. The zero-order valence-electron chi connectivity index (χ0n) is 8.36. The van der Waals surface area contributed by atoms with Crippen LogP contribution in [0.4, 0.5) is 4.39 Å². The van der Waals surface area contributed by atoms with Crippen molar-refractivity contribution in [3.63, 3.8) is 0 Å². The maximum atomic E-state index is 12.1. The molecule has 0 amide bonds. The van der Waals surface area contributed by atoms with Gasteiger partial charge < -0.3 is 10.5 Å². The Morgan fingerprint density at radius 1 is 1.33 bits per heavy atom. The van der Waals surface area contributed by atoms with Crippen LogP contribution in [0, 0.1) is 0 Å². The molecule has 0 aromatic heterocycles. The van der Waals surface area contributed by atoms with Crippen molar-refractivity contribution in [2.75, 3.05) is 13.2 Å². The lowest BCUT2D eigenvalue weighted by atomic mass is 10.2. The smallest absolute Gasteiger partial charge is 0.0894 e. The molecule has 0 unspecified atom stereocenters. The lowest BCUT2D eigenvalue weighted by Gasteiger charge is -2.04. The van der Waals surface area contributed by atoms with Crippen LogP contribution < -0.4 is 5.73 Å². The third kappa shape index (κ3) is 5.52. The van der Waals surface area contributed by atoms with Crippen LogP contribution in [0.1, 0.15) is 5.56 Å². The lowest BCUT2D eigenvalue weighted by molar-refractivity contribution is 0.141. The number of rotatable bonds is 5. The van der Waals surface area contributed by atoms with Gasteiger partial charge in [0.1, 0.15) is 0 Å². The molecule has 2 nitrogen and oxygen atoms in total. The molecule has 1 aromatic carbocycles. The standard InChI is InChI=1S/C11H14FNO.ClH/c12-6-11(7-13)9-14-8-10-4-2-1-3-5-10;/h1-6H,7-9,13H2;1H/b11-6-;. The minimum absolute atomic E-state index is 0. The fourth-order valence-corrected chi connectivity index (χ4v) is 1.01. The third-order valence-electron chi connectivity index (χ3n) is 1.82. The Labute approximate surface area is 95.3 Å². The van der Waals surface area contributed by atoms with E-state index < -0.39 is 0 Å². The Morgan fingerprint density at radius 2 is 2.00 bits per heavy atom. The summed E-state index contributed by atoms with van der Waals surface area (Å²) in [6.07, 6.45) is 0.505. The number of nitrogens with two attached hydrogens (primary N) is 1. The van der Waals surface area contributed by atoms with Crippen molar-refractivity contribution < 1.29 is 9.13 Å². The second-order valence-electron chi connectivity index (χ2n) is 2.95. The summed E-state index contributed by atoms with van der Waals surface area (Å²) >= 11 is 0. The molecule has 4 heteroatoms. The summed E-state index contributed by atoms with van der Waals surface area (Å²) in [5.41, 5.74) is 6.82. The number of hydrogen-bond acceptors (Lipinski definition) is 2.